The van der Waals surface area contributed by atoms with Crippen LogP contribution in [0.5, 0.6) is 11.5 Å². The van der Waals surface area contributed by atoms with E-state index in [-0.39, 0.29) is 11.8 Å². The van der Waals surface area contributed by atoms with Gasteiger partial charge in [0.25, 0.3) is 5.91 Å². The third-order valence-corrected chi connectivity index (χ3v) is 5.84. The van der Waals surface area contributed by atoms with E-state index in [1.165, 1.54) is 6.08 Å². The largest absolute Gasteiger partial charge is 0.493 e. The molecule has 2 aromatic carbocycles. The minimum atomic E-state index is -0.316. The normalized spacial score (nSPS) is 13.6. The Hall–Kier alpha value is -4.11. The van der Waals surface area contributed by atoms with Gasteiger partial charge in [-0.2, -0.15) is 0 Å². The van der Waals surface area contributed by atoms with Crippen LogP contribution in [0.3, 0.4) is 0 Å². The van der Waals surface area contributed by atoms with E-state index in [4.69, 9.17) is 18.7 Å². The molecule has 2 amide bonds. The van der Waals surface area contributed by atoms with E-state index in [0.29, 0.717) is 61.4 Å². The number of nitrogens with one attached hydrogen (secondary N) is 1. The number of carbonyl (C=O) groups excluding carboxylic acids is 2. The van der Waals surface area contributed by atoms with Crippen LogP contribution in [0, 0.1) is 13.8 Å². The molecule has 1 saturated heterocycles. The average Bonchev–Trinajstić information content (AvgIpc) is 3.23. The van der Waals surface area contributed by atoms with Crippen LogP contribution in [-0.4, -0.2) is 55.3 Å². The van der Waals surface area contributed by atoms with Gasteiger partial charge < -0.3 is 29.0 Å². The van der Waals surface area contributed by atoms with Crippen molar-refractivity contribution in [3.05, 3.63) is 76.7 Å². The SMILES string of the molecule is COc1cc(C=CC(=O)Nc2cccc(C(=O)N3CCOCC3)c2)ccc1OCc1c(C)noc1C. The van der Waals surface area contributed by atoms with Gasteiger partial charge in [0.1, 0.15) is 12.4 Å². The second-order valence-electron chi connectivity index (χ2n) is 8.31. The summed E-state index contributed by atoms with van der Waals surface area (Å²) in [5.41, 5.74) is 3.52. The zero-order chi connectivity index (χ0) is 25.5. The first-order chi connectivity index (χ1) is 17.4. The van der Waals surface area contributed by atoms with Gasteiger partial charge in [-0.15, -0.1) is 0 Å². The predicted molar refractivity (Wildman–Crippen MR) is 134 cm³/mol. The minimum Gasteiger partial charge on any atom is -0.493 e. The van der Waals surface area contributed by atoms with E-state index in [9.17, 15) is 9.59 Å². The molecule has 0 unspecified atom stereocenters. The Labute approximate surface area is 209 Å². The number of hydrogen-bond donors (Lipinski definition) is 1. The van der Waals surface area contributed by atoms with Crippen molar-refractivity contribution in [1.29, 1.82) is 0 Å². The van der Waals surface area contributed by atoms with Crippen molar-refractivity contribution in [3.8, 4) is 11.5 Å². The summed E-state index contributed by atoms with van der Waals surface area (Å²) in [6.45, 7) is 6.20. The maximum absolute atomic E-state index is 12.7. The molecule has 3 aromatic rings. The van der Waals surface area contributed by atoms with Crippen molar-refractivity contribution in [2.24, 2.45) is 0 Å². The number of rotatable bonds is 8. The van der Waals surface area contributed by atoms with Crippen molar-refractivity contribution in [1.82, 2.24) is 10.1 Å². The molecule has 9 nitrogen and oxygen atoms in total. The third-order valence-electron chi connectivity index (χ3n) is 5.84. The molecule has 1 N–H and O–H groups in total. The molecule has 36 heavy (non-hydrogen) atoms. The van der Waals surface area contributed by atoms with Gasteiger partial charge in [0.2, 0.25) is 5.91 Å². The second-order valence-corrected chi connectivity index (χ2v) is 8.31. The number of morpholine rings is 1. The summed E-state index contributed by atoms with van der Waals surface area (Å²) in [7, 11) is 1.56. The lowest BCUT2D eigenvalue weighted by Crippen LogP contribution is -2.40. The van der Waals surface area contributed by atoms with E-state index in [1.54, 1.807) is 54.5 Å². The van der Waals surface area contributed by atoms with E-state index in [2.05, 4.69) is 10.5 Å². The molecule has 0 saturated carbocycles. The van der Waals surface area contributed by atoms with Crippen molar-refractivity contribution < 1.29 is 28.3 Å². The molecule has 188 valence electrons. The Morgan fingerprint density at radius 1 is 1.11 bits per heavy atom. The topological polar surface area (TPSA) is 103 Å². The minimum absolute atomic E-state index is 0.0753. The smallest absolute Gasteiger partial charge is 0.254 e. The first kappa shape index (κ1) is 25.0. The first-order valence-corrected chi connectivity index (χ1v) is 11.6. The van der Waals surface area contributed by atoms with Gasteiger partial charge in [-0.1, -0.05) is 17.3 Å². The summed E-state index contributed by atoms with van der Waals surface area (Å²) >= 11 is 0. The van der Waals surface area contributed by atoms with E-state index < -0.39 is 0 Å². The van der Waals surface area contributed by atoms with Crippen molar-refractivity contribution in [2.75, 3.05) is 38.7 Å². The highest BCUT2D eigenvalue weighted by molar-refractivity contribution is 6.03. The highest BCUT2D eigenvalue weighted by atomic mass is 16.5. The zero-order valence-electron chi connectivity index (χ0n) is 20.6. The molecular weight excluding hydrogens is 462 g/mol. The summed E-state index contributed by atoms with van der Waals surface area (Å²) in [5.74, 6) is 1.44. The van der Waals surface area contributed by atoms with Crippen LogP contribution >= 0.6 is 0 Å². The summed E-state index contributed by atoms with van der Waals surface area (Å²) in [4.78, 5) is 27.0. The number of anilines is 1. The van der Waals surface area contributed by atoms with Crippen LogP contribution in [0.15, 0.2) is 53.1 Å². The Kier molecular flexibility index (Phi) is 8.02. The van der Waals surface area contributed by atoms with Gasteiger partial charge in [-0.3, -0.25) is 9.59 Å². The quantitative estimate of drug-likeness (QED) is 0.475. The Morgan fingerprint density at radius 2 is 1.92 bits per heavy atom. The summed E-state index contributed by atoms with van der Waals surface area (Å²) in [6, 6.07) is 12.3. The van der Waals surface area contributed by atoms with Crippen LogP contribution in [0.2, 0.25) is 0 Å². The molecule has 0 bridgehead atoms. The Morgan fingerprint density at radius 3 is 2.64 bits per heavy atom. The van der Waals surface area contributed by atoms with E-state index >= 15 is 0 Å². The average molecular weight is 492 g/mol. The van der Waals surface area contributed by atoms with Gasteiger partial charge in [-0.05, 0) is 55.8 Å². The van der Waals surface area contributed by atoms with Crippen molar-refractivity contribution in [2.45, 2.75) is 20.5 Å². The fourth-order valence-electron chi connectivity index (χ4n) is 3.80. The van der Waals surface area contributed by atoms with Gasteiger partial charge in [0.15, 0.2) is 11.5 Å². The number of hydrogen-bond acceptors (Lipinski definition) is 7. The molecule has 1 aromatic heterocycles. The van der Waals surface area contributed by atoms with Gasteiger partial charge >= 0.3 is 0 Å². The van der Waals surface area contributed by atoms with E-state index in [1.807, 2.05) is 19.9 Å². The van der Waals surface area contributed by atoms with Gasteiger partial charge in [-0.25, -0.2) is 0 Å². The fourth-order valence-corrected chi connectivity index (χ4v) is 3.80. The lowest BCUT2D eigenvalue weighted by Gasteiger charge is -2.27. The molecule has 0 radical (unpaired) electrons. The monoisotopic (exact) mass is 491 g/mol. The number of benzene rings is 2. The Balaban J connectivity index is 1.37. The highest BCUT2D eigenvalue weighted by Gasteiger charge is 2.18. The number of nitrogens with zero attached hydrogens (tertiary/aromatic N) is 2. The maximum atomic E-state index is 12.7. The molecule has 0 spiro atoms. The predicted octanol–water partition coefficient (Wildman–Crippen LogP) is 4.00. The fraction of sp³-hybridized carbons (Fsp3) is 0.296. The second kappa shape index (κ2) is 11.5. The molecule has 1 fully saturated rings. The van der Waals surface area contributed by atoms with Crippen molar-refractivity contribution >= 4 is 23.6 Å². The highest BCUT2D eigenvalue weighted by Crippen LogP contribution is 2.30. The molecule has 0 aliphatic carbocycles. The zero-order valence-corrected chi connectivity index (χ0v) is 20.6. The lowest BCUT2D eigenvalue weighted by atomic mass is 10.1. The number of aromatic nitrogens is 1. The number of aryl methyl sites for hydroxylation is 2. The summed E-state index contributed by atoms with van der Waals surface area (Å²) < 4.78 is 21.8. The van der Waals surface area contributed by atoms with E-state index in [0.717, 1.165) is 16.8 Å². The molecular formula is C27H29N3O6. The number of methoxy groups -OCH3 is 1. The lowest BCUT2D eigenvalue weighted by molar-refractivity contribution is -0.111. The first-order valence-electron chi connectivity index (χ1n) is 11.6. The molecule has 1 aliphatic heterocycles. The van der Waals surface area contributed by atoms with Crippen LogP contribution in [0.25, 0.3) is 6.08 Å². The molecule has 2 heterocycles. The molecule has 1 aliphatic rings. The van der Waals surface area contributed by atoms with Gasteiger partial charge in [0.05, 0.1) is 31.6 Å². The summed E-state index contributed by atoms with van der Waals surface area (Å²) in [6.07, 6.45) is 3.11. The standard InChI is InChI=1S/C27H29N3O6/c1-18-23(19(2)36-29-18)17-35-24-9-7-20(15-25(24)33-3)8-10-26(31)28-22-6-4-5-21(16-22)27(32)30-11-13-34-14-12-30/h4-10,15-16H,11-14,17H2,1-3H3,(H,28,31). The summed E-state index contributed by atoms with van der Waals surface area (Å²) in [5, 5.41) is 6.74. The molecule has 0 atom stereocenters. The molecule has 4 rings (SSSR count). The van der Waals surface area contributed by atoms with Gasteiger partial charge in [0, 0.05) is 30.4 Å². The van der Waals surface area contributed by atoms with Crippen LogP contribution in [0.4, 0.5) is 5.69 Å². The van der Waals surface area contributed by atoms with Crippen molar-refractivity contribution in [3.63, 3.8) is 0 Å². The van der Waals surface area contributed by atoms with Crippen LogP contribution in [-0.2, 0) is 16.1 Å². The molecule has 9 heteroatoms. The van der Waals surface area contributed by atoms with Crippen LogP contribution in [0.1, 0.15) is 32.9 Å². The Bertz CT molecular complexity index is 1240. The van der Waals surface area contributed by atoms with Crippen LogP contribution < -0.4 is 14.8 Å². The number of carbonyl (C=O) groups is 2. The third kappa shape index (κ3) is 6.11. The number of ether oxygens (including phenoxy) is 3. The maximum Gasteiger partial charge on any atom is 0.254 e. The number of amides is 2.